The molecule has 0 saturated carbocycles. The molecule has 1 aromatic rings. The number of unbranched alkanes of at least 4 members (excludes halogenated alkanes) is 3. The minimum absolute atomic E-state index is 0.202. The molecule has 4 N–H and O–H groups in total. The zero-order valence-electron chi connectivity index (χ0n) is 22.9. The smallest absolute Gasteiger partial charge is 0.408 e. The van der Waals surface area contributed by atoms with E-state index in [0.717, 1.165) is 19.3 Å². The number of primary amides is 1. The Morgan fingerprint density at radius 1 is 1.08 bits per heavy atom. The van der Waals surface area contributed by atoms with Gasteiger partial charge in [-0.2, -0.15) is 0 Å². The van der Waals surface area contributed by atoms with Crippen LogP contribution in [0.25, 0.3) is 0 Å². The van der Waals surface area contributed by atoms with Crippen LogP contribution in [0.1, 0.15) is 90.8 Å². The summed E-state index contributed by atoms with van der Waals surface area (Å²) in [6.45, 7) is 10.9. The molecule has 0 aliphatic carbocycles. The van der Waals surface area contributed by atoms with E-state index in [0.29, 0.717) is 17.5 Å². The van der Waals surface area contributed by atoms with Gasteiger partial charge in [-0.3, -0.25) is 14.4 Å². The van der Waals surface area contributed by atoms with Crippen LogP contribution in [-0.4, -0.2) is 52.9 Å². The standard InChI is InChI=1S/C28H42N4O5/c1-8-10-11-14-17-32(26(35)22(18-23(29)33)31-27(36)37-28(5,6)7)24(25(34)30-19(3)4)21-16-13-12-15-20(21)9-2/h2,12-13,15-16,19,22,24H,8,10-11,14,17-18H2,1,3-7H3,(H2,29,33)(H,30,34)(H,31,36). The first kappa shape index (κ1) is 31.5. The van der Waals surface area contributed by atoms with Crippen molar-refractivity contribution in [1.82, 2.24) is 15.5 Å². The van der Waals surface area contributed by atoms with Crippen LogP contribution in [0.4, 0.5) is 4.79 Å². The van der Waals surface area contributed by atoms with Crippen molar-refractivity contribution in [3.8, 4) is 12.3 Å². The molecule has 9 nitrogen and oxygen atoms in total. The average Bonchev–Trinajstić information content (AvgIpc) is 2.78. The molecule has 9 heteroatoms. The van der Waals surface area contributed by atoms with Crippen LogP contribution in [0.3, 0.4) is 0 Å². The van der Waals surface area contributed by atoms with E-state index in [1.807, 2.05) is 13.8 Å². The number of benzene rings is 1. The van der Waals surface area contributed by atoms with E-state index < -0.39 is 47.9 Å². The van der Waals surface area contributed by atoms with Gasteiger partial charge in [0, 0.05) is 18.2 Å². The molecule has 0 fully saturated rings. The Labute approximate surface area is 220 Å². The minimum atomic E-state index is -1.33. The Bertz CT molecular complexity index is 978. The lowest BCUT2D eigenvalue weighted by atomic mass is 9.96. The second-order valence-corrected chi connectivity index (χ2v) is 10.3. The summed E-state index contributed by atoms with van der Waals surface area (Å²) in [4.78, 5) is 53.3. The summed E-state index contributed by atoms with van der Waals surface area (Å²) in [5.74, 6) is 0.760. The highest BCUT2D eigenvalue weighted by molar-refractivity contribution is 5.94. The first-order valence-electron chi connectivity index (χ1n) is 12.7. The second-order valence-electron chi connectivity index (χ2n) is 10.3. The summed E-state index contributed by atoms with van der Waals surface area (Å²) >= 11 is 0. The van der Waals surface area contributed by atoms with Gasteiger partial charge in [0.1, 0.15) is 17.7 Å². The Morgan fingerprint density at radius 2 is 1.73 bits per heavy atom. The molecular weight excluding hydrogens is 472 g/mol. The number of carbonyl (C=O) groups excluding carboxylic acids is 4. The number of nitrogens with zero attached hydrogens (tertiary/aromatic N) is 1. The average molecular weight is 515 g/mol. The van der Waals surface area contributed by atoms with Crippen molar-refractivity contribution in [3.05, 3.63) is 35.4 Å². The number of alkyl carbamates (subject to hydrolysis) is 1. The molecule has 1 aromatic carbocycles. The molecule has 2 unspecified atom stereocenters. The Kier molecular flexibility index (Phi) is 12.7. The lowest BCUT2D eigenvalue weighted by Gasteiger charge is -2.35. The summed E-state index contributed by atoms with van der Waals surface area (Å²) in [6.07, 6.45) is 7.78. The van der Waals surface area contributed by atoms with Crippen LogP contribution >= 0.6 is 0 Å². The van der Waals surface area contributed by atoms with Crippen molar-refractivity contribution in [2.24, 2.45) is 5.73 Å². The Hall–Kier alpha value is -3.54. The predicted molar refractivity (Wildman–Crippen MR) is 143 cm³/mol. The maximum Gasteiger partial charge on any atom is 0.408 e. The SMILES string of the molecule is C#Cc1ccccc1C(C(=O)NC(C)C)N(CCCCCC)C(=O)C(CC(N)=O)NC(=O)OC(C)(C)C. The van der Waals surface area contributed by atoms with Crippen LogP contribution in [0.2, 0.25) is 0 Å². The van der Waals surface area contributed by atoms with E-state index in [1.165, 1.54) is 4.90 Å². The Morgan fingerprint density at radius 3 is 2.27 bits per heavy atom. The first-order chi connectivity index (χ1) is 17.3. The zero-order chi connectivity index (χ0) is 28.2. The quantitative estimate of drug-likeness (QED) is 0.274. The monoisotopic (exact) mass is 514 g/mol. The third kappa shape index (κ3) is 10.9. The van der Waals surface area contributed by atoms with E-state index in [9.17, 15) is 19.2 Å². The summed E-state index contributed by atoms with van der Waals surface area (Å²) in [7, 11) is 0. The molecule has 1 rings (SSSR count). The van der Waals surface area contributed by atoms with Crippen molar-refractivity contribution in [2.75, 3.05) is 6.54 Å². The van der Waals surface area contributed by atoms with Crippen molar-refractivity contribution >= 4 is 23.8 Å². The van der Waals surface area contributed by atoms with E-state index >= 15 is 0 Å². The molecule has 0 bridgehead atoms. The fourth-order valence-electron chi connectivity index (χ4n) is 3.81. The van der Waals surface area contributed by atoms with Gasteiger partial charge in [-0.25, -0.2) is 4.79 Å². The minimum Gasteiger partial charge on any atom is -0.444 e. The van der Waals surface area contributed by atoms with E-state index in [4.69, 9.17) is 16.9 Å². The molecule has 0 aromatic heterocycles. The molecule has 37 heavy (non-hydrogen) atoms. The van der Waals surface area contributed by atoms with Gasteiger partial charge >= 0.3 is 6.09 Å². The number of hydrogen-bond donors (Lipinski definition) is 3. The second kappa shape index (κ2) is 14.9. The van der Waals surface area contributed by atoms with Crippen LogP contribution in [0.15, 0.2) is 24.3 Å². The van der Waals surface area contributed by atoms with Crippen LogP contribution in [0.5, 0.6) is 0 Å². The van der Waals surface area contributed by atoms with E-state index in [-0.39, 0.29) is 12.6 Å². The van der Waals surface area contributed by atoms with Crippen molar-refractivity contribution in [2.45, 2.75) is 97.4 Å². The van der Waals surface area contributed by atoms with Crippen molar-refractivity contribution in [1.29, 1.82) is 0 Å². The van der Waals surface area contributed by atoms with Crippen molar-refractivity contribution < 1.29 is 23.9 Å². The number of rotatable bonds is 13. The molecule has 204 valence electrons. The third-order valence-corrected chi connectivity index (χ3v) is 5.33. The van der Waals surface area contributed by atoms with Gasteiger partial charge in [-0.15, -0.1) is 6.42 Å². The molecule has 0 aliphatic rings. The molecule has 0 radical (unpaired) electrons. The molecule has 4 amide bonds. The van der Waals surface area contributed by atoms with E-state index in [1.54, 1.807) is 45.0 Å². The number of nitrogens with one attached hydrogen (secondary N) is 2. The lowest BCUT2D eigenvalue weighted by molar-refractivity contribution is -0.143. The van der Waals surface area contributed by atoms with Gasteiger partial charge in [0.15, 0.2) is 0 Å². The first-order valence-corrected chi connectivity index (χ1v) is 12.7. The number of nitrogens with two attached hydrogens (primary N) is 1. The number of terminal acetylenes is 1. The molecule has 0 heterocycles. The fraction of sp³-hybridized carbons (Fsp3) is 0.571. The highest BCUT2D eigenvalue weighted by Gasteiger charge is 2.37. The highest BCUT2D eigenvalue weighted by atomic mass is 16.6. The van der Waals surface area contributed by atoms with Gasteiger partial charge in [-0.1, -0.05) is 50.3 Å². The van der Waals surface area contributed by atoms with Gasteiger partial charge < -0.3 is 26.0 Å². The van der Waals surface area contributed by atoms with Gasteiger partial charge in [-0.05, 0) is 52.7 Å². The predicted octanol–water partition coefficient (Wildman–Crippen LogP) is 3.41. The molecular formula is C28H42N4O5. The number of ether oxygens (including phenoxy) is 1. The summed E-state index contributed by atoms with van der Waals surface area (Å²) in [5, 5.41) is 5.35. The van der Waals surface area contributed by atoms with E-state index in [2.05, 4.69) is 23.5 Å². The fourth-order valence-corrected chi connectivity index (χ4v) is 3.81. The lowest BCUT2D eigenvalue weighted by Crippen LogP contribution is -2.54. The highest BCUT2D eigenvalue weighted by Crippen LogP contribution is 2.27. The van der Waals surface area contributed by atoms with Gasteiger partial charge in [0.25, 0.3) is 0 Å². The number of hydrogen-bond acceptors (Lipinski definition) is 5. The normalized spacial score (nSPS) is 12.7. The summed E-state index contributed by atoms with van der Waals surface area (Å²) < 4.78 is 5.30. The summed E-state index contributed by atoms with van der Waals surface area (Å²) in [5.41, 5.74) is 5.54. The molecule has 0 aliphatic heterocycles. The summed E-state index contributed by atoms with van der Waals surface area (Å²) in [6, 6.07) is 4.28. The maximum absolute atomic E-state index is 14.0. The third-order valence-electron chi connectivity index (χ3n) is 5.33. The molecule has 2 atom stereocenters. The number of amides is 4. The van der Waals surface area contributed by atoms with Crippen LogP contribution < -0.4 is 16.4 Å². The zero-order valence-corrected chi connectivity index (χ0v) is 22.9. The largest absolute Gasteiger partial charge is 0.444 e. The van der Waals surface area contributed by atoms with Gasteiger partial charge in [0.05, 0.1) is 6.42 Å². The van der Waals surface area contributed by atoms with Crippen LogP contribution in [-0.2, 0) is 19.1 Å². The molecule has 0 saturated heterocycles. The number of carbonyl (C=O) groups is 4. The molecule has 0 spiro atoms. The van der Waals surface area contributed by atoms with Gasteiger partial charge in [0.2, 0.25) is 17.7 Å². The Balaban J connectivity index is 3.57. The topological polar surface area (TPSA) is 131 Å². The van der Waals surface area contributed by atoms with Crippen molar-refractivity contribution in [3.63, 3.8) is 0 Å². The maximum atomic E-state index is 14.0. The van der Waals surface area contributed by atoms with Crippen LogP contribution in [0, 0.1) is 12.3 Å².